The number of halogens is 2. The maximum atomic E-state index is 16.8. The second-order valence-corrected chi connectivity index (χ2v) is 16.3. The highest BCUT2D eigenvalue weighted by molar-refractivity contribution is 7.89. The molecule has 2 saturated heterocycles. The summed E-state index contributed by atoms with van der Waals surface area (Å²) in [6.07, 6.45) is 12.6. The maximum absolute atomic E-state index is 16.8. The lowest BCUT2D eigenvalue weighted by molar-refractivity contribution is 0.221. The van der Waals surface area contributed by atoms with Crippen LogP contribution in [0.15, 0.2) is 72.0 Å². The van der Waals surface area contributed by atoms with Crippen LogP contribution in [0.25, 0.3) is 32.9 Å². The van der Waals surface area contributed by atoms with Crippen molar-refractivity contribution in [3.05, 3.63) is 95.7 Å². The van der Waals surface area contributed by atoms with Crippen molar-refractivity contribution >= 4 is 37.5 Å². The number of nitrogens with one attached hydrogen (secondary N) is 1. The number of piperazine rings is 1. The van der Waals surface area contributed by atoms with Crippen LogP contribution >= 0.6 is 0 Å². The smallest absolute Gasteiger partial charge is 0.319 e. The van der Waals surface area contributed by atoms with Crippen LogP contribution in [0.3, 0.4) is 0 Å². The summed E-state index contributed by atoms with van der Waals surface area (Å²) in [4.78, 5) is 22.4. The number of hydrogen-bond acceptors (Lipinski definition) is 11. The van der Waals surface area contributed by atoms with Gasteiger partial charge in [0, 0.05) is 61.3 Å². The first kappa shape index (κ1) is 35.2. The number of terminal acetylenes is 1. The zero-order chi connectivity index (χ0) is 37.8. The number of ether oxygens (including phenoxy) is 1. The number of nitrogens with zero attached hydrogens (tertiary/aromatic N) is 8. The van der Waals surface area contributed by atoms with E-state index in [0.717, 1.165) is 35.3 Å². The van der Waals surface area contributed by atoms with Crippen LogP contribution in [-0.2, 0) is 16.6 Å². The van der Waals surface area contributed by atoms with Gasteiger partial charge in [-0.05, 0) is 61.9 Å². The molecule has 2 bridgehead atoms. The van der Waals surface area contributed by atoms with Gasteiger partial charge in [0.05, 0.1) is 15.8 Å². The molecule has 6 aromatic rings. The zero-order valence-electron chi connectivity index (χ0n) is 30.0. The van der Waals surface area contributed by atoms with E-state index in [1.807, 2.05) is 18.0 Å². The number of anilines is 1. The molecule has 1 saturated carbocycles. The van der Waals surface area contributed by atoms with Crippen LogP contribution in [0.1, 0.15) is 48.6 Å². The van der Waals surface area contributed by atoms with Crippen molar-refractivity contribution in [1.29, 1.82) is 0 Å². The number of pyridine rings is 1. The summed E-state index contributed by atoms with van der Waals surface area (Å²) in [7, 11) is -2.00. The molecule has 280 valence electrons. The van der Waals surface area contributed by atoms with Crippen molar-refractivity contribution in [1.82, 2.24) is 39.3 Å². The molecule has 55 heavy (non-hydrogen) atoms. The third-order valence-electron chi connectivity index (χ3n) is 10.6. The van der Waals surface area contributed by atoms with Crippen LogP contribution in [0.2, 0.25) is 0 Å². The summed E-state index contributed by atoms with van der Waals surface area (Å²) in [5.74, 6) is 2.49. The summed E-state index contributed by atoms with van der Waals surface area (Å²) >= 11 is 0. The Balaban J connectivity index is 0.982. The van der Waals surface area contributed by atoms with Crippen molar-refractivity contribution in [2.75, 3.05) is 38.2 Å². The van der Waals surface area contributed by atoms with Gasteiger partial charge < -0.3 is 15.0 Å². The first-order valence-corrected chi connectivity index (χ1v) is 19.7. The van der Waals surface area contributed by atoms with Crippen LogP contribution < -0.4 is 15.0 Å². The molecule has 15 heteroatoms. The second-order valence-electron chi connectivity index (χ2n) is 14.5. The monoisotopic (exact) mass is 761 g/mol. The Labute approximate surface area is 316 Å². The number of benzene rings is 3. The molecule has 9 rings (SSSR count). The fourth-order valence-electron chi connectivity index (χ4n) is 7.68. The molecular weight excluding hydrogens is 725 g/mol. The fourth-order valence-corrected chi connectivity index (χ4v) is 8.81. The average molecular weight is 762 g/mol. The lowest BCUT2D eigenvalue weighted by Gasteiger charge is -2.34. The molecule has 3 aromatic heterocycles. The van der Waals surface area contributed by atoms with Gasteiger partial charge in [-0.3, -0.25) is 9.88 Å². The molecule has 0 spiro atoms. The van der Waals surface area contributed by atoms with Crippen molar-refractivity contribution in [3.8, 4) is 29.6 Å². The zero-order valence-corrected chi connectivity index (χ0v) is 30.8. The molecule has 2 aliphatic heterocycles. The van der Waals surface area contributed by atoms with E-state index in [4.69, 9.17) is 16.1 Å². The SMILES string of the molecule is C#Cc1c(F)ccc2cccc(-c3ncc4c(N5CC6CCC(C5)N6)nc(OCCN(C)Cc5cccc(S(=O)(=O)n6cnc(C7CC7)n6)c5)nc4c3F)c12. The van der Waals surface area contributed by atoms with E-state index >= 15 is 4.39 Å². The molecule has 12 nitrogen and oxygen atoms in total. The number of likely N-dealkylation sites (N-methyl/N-ethyl adjacent to an activating group) is 1. The molecule has 3 fully saturated rings. The number of fused-ring (bicyclic) bond motifs is 4. The van der Waals surface area contributed by atoms with Crippen LogP contribution in [0, 0.1) is 24.0 Å². The quantitative estimate of drug-likeness (QED) is 0.174. The highest BCUT2D eigenvalue weighted by atomic mass is 32.2. The topological polar surface area (TPSA) is 131 Å². The minimum atomic E-state index is -3.90. The maximum Gasteiger partial charge on any atom is 0.319 e. The third kappa shape index (κ3) is 6.64. The third-order valence-corrected chi connectivity index (χ3v) is 12.1. The molecule has 0 amide bonds. The largest absolute Gasteiger partial charge is 0.462 e. The Bertz CT molecular complexity index is 2610. The Morgan fingerprint density at radius 2 is 1.82 bits per heavy atom. The lowest BCUT2D eigenvalue weighted by atomic mass is 9.96. The van der Waals surface area contributed by atoms with Crippen LogP contribution in [-0.4, -0.2) is 87.8 Å². The van der Waals surface area contributed by atoms with Gasteiger partial charge in [-0.25, -0.2) is 13.8 Å². The normalized spacial score (nSPS) is 18.3. The van der Waals surface area contributed by atoms with Crippen LogP contribution in [0.4, 0.5) is 14.6 Å². The molecule has 5 heterocycles. The lowest BCUT2D eigenvalue weighted by Crippen LogP contribution is -2.51. The van der Waals surface area contributed by atoms with Gasteiger partial charge in [-0.1, -0.05) is 42.3 Å². The first-order chi connectivity index (χ1) is 26.7. The van der Waals surface area contributed by atoms with Gasteiger partial charge in [0.15, 0.2) is 11.6 Å². The van der Waals surface area contributed by atoms with Gasteiger partial charge in [0.1, 0.15) is 35.8 Å². The molecule has 2 atom stereocenters. The van der Waals surface area contributed by atoms with Crippen LogP contribution in [0.5, 0.6) is 6.01 Å². The van der Waals surface area contributed by atoms with E-state index in [1.165, 1.54) is 12.4 Å². The summed E-state index contributed by atoms with van der Waals surface area (Å²) in [5.41, 5.74) is 1.21. The van der Waals surface area contributed by atoms with Crippen molar-refractivity contribution in [2.45, 2.75) is 55.1 Å². The average Bonchev–Trinajstić information content (AvgIpc) is 3.81. The number of rotatable bonds is 11. The standard InChI is InChI=1S/C40H37F2N9O3S/c1-3-30-33(41)15-12-25-7-5-9-31(34(25)30)36-35(42)37-32(19-43-36)39(50-21-27-13-14-28(22-50)45-27)47-40(46-37)54-17-16-49(2)20-24-6-4-8-29(18-24)55(52,53)51-23-44-38(48-51)26-10-11-26/h1,4-9,12,15,18-19,23,26-28,45H,10-11,13-14,16-17,20-22H2,2H3. The fraction of sp³-hybridized carbons (Fsp3) is 0.325. The van der Waals surface area contributed by atoms with E-state index in [9.17, 15) is 12.8 Å². The predicted octanol–water partition coefficient (Wildman–Crippen LogP) is 5.26. The van der Waals surface area contributed by atoms with E-state index in [0.29, 0.717) is 59.5 Å². The molecule has 1 N–H and O–H groups in total. The van der Waals surface area contributed by atoms with Gasteiger partial charge >= 0.3 is 6.01 Å². The second kappa shape index (κ2) is 13.9. The summed E-state index contributed by atoms with van der Waals surface area (Å²) in [6, 6.07) is 15.5. The Hall–Kier alpha value is -5.56. The minimum absolute atomic E-state index is 0.00710. The van der Waals surface area contributed by atoms with Crippen molar-refractivity contribution < 1.29 is 21.9 Å². The number of hydrogen-bond donors (Lipinski definition) is 1. The highest BCUT2D eigenvalue weighted by Crippen LogP contribution is 2.39. The predicted molar refractivity (Wildman–Crippen MR) is 203 cm³/mol. The minimum Gasteiger partial charge on any atom is -0.462 e. The molecule has 1 aliphatic carbocycles. The Morgan fingerprint density at radius 1 is 1.02 bits per heavy atom. The Morgan fingerprint density at radius 3 is 2.60 bits per heavy atom. The first-order valence-electron chi connectivity index (χ1n) is 18.3. The van der Waals surface area contributed by atoms with Crippen molar-refractivity contribution in [2.24, 2.45) is 0 Å². The summed E-state index contributed by atoms with van der Waals surface area (Å²) in [5, 5.41) is 9.34. The van der Waals surface area contributed by atoms with E-state index in [-0.39, 0.29) is 52.3 Å². The van der Waals surface area contributed by atoms with E-state index in [1.54, 1.807) is 48.7 Å². The van der Waals surface area contributed by atoms with Gasteiger partial charge in [-0.2, -0.15) is 18.4 Å². The Kier molecular flexibility index (Phi) is 8.91. The van der Waals surface area contributed by atoms with Crippen molar-refractivity contribution in [3.63, 3.8) is 0 Å². The molecule has 0 radical (unpaired) electrons. The summed E-state index contributed by atoms with van der Waals surface area (Å²) in [6.45, 7) is 2.41. The van der Waals surface area contributed by atoms with E-state index < -0.39 is 21.7 Å². The summed E-state index contributed by atoms with van der Waals surface area (Å²) < 4.78 is 65.4. The van der Waals surface area contributed by atoms with E-state index in [2.05, 4.69) is 36.2 Å². The molecule has 3 aromatic carbocycles. The van der Waals surface area contributed by atoms with Gasteiger partial charge in [-0.15, -0.1) is 15.6 Å². The molecule has 2 unspecified atom stereocenters. The molecular formula is C40H37F2N9O3S. The number of aromatic nitrogens is 6. The highest BCUT2D eigenvalue weighted by Gasteiger charge is 2.34. The van der Waals surface area contributed by atoms with Gasteiger partial charge in [0.2, 0.25) is 0 Å². The van der Waals surface area contributed by atoms with Gasteiger partial charge in [0.25, 0.3) is 10.0 Å². The molecule has 3 aliphatic rings.